The summed E-state index contributed by atoms with van der Waals surface area (Å²) in [6.45, 7) is 4.85. The number of ether oxygens (including phenoxy) is 1. The molecule has 0 aliphatic heterocycles. The maximum atomic E-state index is 5.84. The lowest BCUT2D eigenvalue weighted by molar-refractivity contribution is 0.263. The van der Waals surface area contributed by atoms with Crippen LogP contribution in [0.4, 0.5) is 11.5 Å². The molecule has 94 valence electrons. The number of hydrogen-bond acceptors (Lipinski definition) is 4. The molecule has 1 heterocycles. The predicted octanol–water partition coefficient (Wildman–Crippen LogP) is 2.66. The Bertz CT molecular complexity index is 375. The van der Waals surface area contributed by atoms with Crippen LogP contribution in [-0.2, 0) is 0 Å². The summed E-state index contributed by atoms with van der Waals surface area (Å²) in [6, 6.07) is 4.34. The van der Waals surface area contributed by atoms with E-state index in [0.717, 1.165) is 5.82 Å². The van der Waals surface area contributed by atoms with Crippen LogP contribution in [0.25, 0.3) is 0 Å². The molecule has 0 bridgehead atoms. The van der Waals surface area contributed by atoms with Crippen LogP contribution >= 0.6 is 0 Å². The molecule has 17 heavy (non-hydrogen) atoms. The number of rotatable bonds is 5. The summed E-state index contributed by atoms with van der Waals surface area (Å²) in [5.41, 5.74) is 6.44. The topological polar surface area (TPSA) is 60.2 Å². The average Bonchev–Trinajstić information content (AvgIpc) is 2.23. The van der Waals surface area contributed by atoms with E-state index in [9.17, 15) is 0 Å². The van der Waals surface area contributed by atoms with Gasteiger partial charge in [-0.05, 0) is 37.3 Å². The van der Waals surface area contributed by atoms with Gasteiger partial charge in [-0.15, -0.1) is 0 Å². The Morgan fingerprint density at radius 3 is 2.82 bits per heavy atom. The molecule has 1 aromatic heterocycles. The molecular weight excluding hydrogens is 214 g/mol. The zero-order valence-electron chi connectivity index (χ0n) is 10.6. The van der Waals surface area contributed by atoms with E-state index in [1.807, 2.05) is 12.1 Å². The van der Waals surface area contributed by atoms with Gasteiger partial charge in [-0.2, -0.15) is 4.98 Å². The van der Waals surface area contributed by atoms with Gasteiger partial charge in [0.25, 0.3) is 0 Å². The second-order valence-electron chi connectivity index (χ2n) is 5.07. The van der Waals surface area contributed by atoms with E-state index in [2.05, 4.69) is 24.1 Å². The van der Waals surface area contributed by atoms with Crippen LogP contribution in [0.5, 0.6) is 5.88 Å². The van der Waals surface area contributed by atoms with Crippen molar-refractivity contribution >= 4 is 11.5 Å². The highest BCUT2D eigenvalue weighted by Gasteiger charge is 2.17. The number of nitrogens with one attached hydrogen (secondary N) is 1. The van der Waals surface area contributed by atoms with Crippen LogP contribution in [0.3, 0.4) is 0 Å². The fourth-order valence-corrected chi connectivity index (χ4v) is 1.65. The summed E-state index contributed by atoms with van der Waals surface area (Å²) in [5.74, 6) is 1.88. The van der Waals surface area contributed by atoms with Gasteiger partial charge >= 0.3 is 0 Å². The smallest absolute Gasteiger partial charge is 0.239 e. The maximum Gasteiger partial charge on any atom is 0.239 e. The summed E-state index contributed by atoms with van der Waals surface area (Å²) >= 11 is 0. The van der Waals surface area contributed by atoms with E-state index < -0.39 is 0 Å². The van der Waals surface area contributed by atoms with Gasteiger partial charge in [0.2, 0.25) is 5.88 Å². The number of pyridine rings is 1. The van der Waals surface area contributed by atoms with Crippen LogP contribution in [0, 0.1) is 5.92 Å². The molecule has 1 aromatic rings. The Morgan fingerprint density at radius 1 is 1.47 bits per heavy atom. The highest BCUT2D eigenvalue weighted by molar-refractivity contribution is 5.53. The van der Waals surface area contributed by atoms with Crippen LogP contribution in [0.2, 0.25) is 0 Å². The van der Waals surface area contributed by atoms with E-state index in [1.165, 1.54) is 19.3 Å². The zero-order chi connectivity index (χ0) is 12.3. The second-order valence-corrected chi connectivity index (χ2v) is 5.07. The van der Waals surface area contributed by atoms with Crippen LogP contribution in [-0.4, -0.2) is 17.6 Å². The molecule has 4 nitrogen and oxygen atoms in total. The molecule has 0 amide bonds. The molecule has 0 spiro atoms. The number of anilines is 2. The lowest BCUT2D eigenvalue weighted by Gasteiger charge is -2.27. The van der Waals surface area contributed by atoms with E-state index in [-0.39, 0.29) is 0 Å². The third-order valence-electron chi connectivity index (χ3n) is 2.90. The Balaban J connectivity index is 2.00. The SMILES string of the molecule is CC(C)COc1nc(NC2CCC2)ccc1N. The monoisotopic (exact) mass is 235 g/mol. The Morgan fingerprint density at radius 2 is 2.24 bits per heavy atom. The highest BCUT2D eigenvalue weighted by Crippen LogP contribution is 2.26. The fraction of sp³-hybridized carbons (Fsp3) is 0.615. The molecule has 4 heteroatoms. The third-order valence-corrected chi connectivity index (χ3v) is 2.90. The molecule has 3 N–H and O–H groups in total. The first kappa shape index (κ1) is 12.0. The minimum Gasteiger partial charge on any atom is -0.476 e. The number of hydrogen-bond donors (Lipinski definition) is 2. The maximum absolute atomic E-state index is 5.84. The summed E-state index contributed by atoms with van der Waals surface area (Å²) in [6.07, 6.45) is 3.77. The lowest BCUT2D eigenvalue weighted by atomic mass is 9.93. The normalized spacial score (nSPS) is 15.7. The first-order valence-electron chi connectivity index (χ1n) is 6.31. The van der Waals surface area contributed by atoms with Crippen molar-refractivity contribution in [3.63, 3.8) is 0 Å². The summed E-state index contributed by atoms with van der Waals surface area (Å²) in [5, 5.41) is 3.39. The second kappa shape index (κ2) is 5.25. The van der Waals surface area contributed by atoms with Crippen LogP contribution in [0.1, 0.15) is 33.1 Å². The number of nitrogens with two attached hydrogens (primary N) is 1. The molecule has 2 rings (SSSR count). The first-order chi connectivity index (χ1) is 8.15. The molecule has 0 radical (unpaired) electrons. The van der Waals surface area contributed by atoms with Gasteiger partial charge in [-0.1, -0.05) is 13.8 Å². The van der Waals surface area contributed by atoms with Crippen molar-refractivity contribution in [2.45, 2.75) is 39.2 Å². The number of nitrogens with zero attached hydrogens (tertiary/aromatic N) is 1. The van der Waals surface area contributed by atoms with E-state index in [4.69, 9.17) is 10.5 Å². The van der Waals surface area contributed by atoms with Gasteiger partial charge in [-0.3, -0.25) is 0 Å². The zero-order valence-corrected chi connectivity index (χ0v) is 10.6. The summed E-state index contributed by atoms with van der Waals surface area (Å²) < 4.78 is 5.60. The van der Waals surface area contributed by atoms with Gasteiger partial charge in [0, 0.05) is 6.04 Å². The molecule has 1 aliphatic carbocycles. The van der Waals surface area contributed by atoms with E-state index in [1.54, 1.807) is 0 Å². The minimum absolute atomic E-state index is 0.472. The quantitative estimate of drug-likeness (QED) is 0.823. The van der Waals surface area contributed by atoms with Crippen molar-refractivity contribution in [2.24, 2.45) is 5.92 Å². The van der Waals surface area contributed by atoms with Crippen molar-refractivity contribution in [2.75, 3.05) is 17.7 Å². The van der Waals surface area contributed by atoms with Crippen LogP contribution in [0.15, 0.2) is 12.1 Å². The van der Waals surface area contributed by atoms with Crippen molar-refractivity contribution in [1.82, 2.24) is 4.98 Å². The summed E-state index contributed by atoms with van der Waals surface area (Å²) in [4.78, 5) is 4.41. The number of nitrogen functional groups attached to an aromatic ring is 1. The van der Waals surface area contributed by atoms with Gasteiger partial charge in [0.15, 0.2) is 0 Å². The molecule has 1 aliphatic rings. The van der Waals surface area contributed by atoms with Crippen molar-refractivity contribution in [3.05, 3.63) is 12.1 Å². The molecular formula is C13H21N3O. The van der Waals surface area contributed by atoms with Crippen molar-refractivity contribution in [1.29, 1.82) is 0 Å². The molecule has 0 atom stereocenters. The molecule has 0 unspecified atom stereocenters. The van der Waals surface area contributed by atoms with Crippen molar-refractivity contribution < 1.29 is 4.74 Å². The molecule has 1 fully saturated rings. The lowest BCUT2D eigenvalue weighted by Crippen LogP contribution is -2.27. The van der Waals surface area contributed by atoms with Gasteiger partial charge in [0.1, 0.15) is 5.82 Å². The predicted molar refractivity (Wildman–Crippen MR) is 70.2 cm³/mol. The molecule has 0 aromatic carbocycles. The third kappa shape index (κ3) is 3.25. The Kier molecular flexibility index (Phi) is 3.71. The fourth-order valence-electron chi connectivity index (χ4n) is 1.65. The van der Waals surface area contributed by atoms with Gasteiger partial charge in [0.05, 0.1) is 12.3 Å². The van der Waals surface area contributed by atoms with Crippen molar-refractivity contribution in [3.8, 4) is 5.88 Å². The van der Waals surface area contributed by atoms with E-state index >= 15 is 0 Å². The average molecular weight is 235 g/mol. The minimum atomic E-state index is 0.472. The molecule has 1 saturated carbocycles. The van der Waals surface area contributed by atoms with Crippen LogP contribution < -0.4 is 15.8 Å². The largest absolute Gasteiger partial charge is 0.476 e. The Labute approximate surface area is 103 Å². The first-order valence-corrected chi connectivity index (χ1v) is 6.31. The Hall–Kier alpha value is -1.45. The molecule has 0 saturated heterocycles. The summed E-state index contributed by atoms with van der Waals surface area (Å²) in [7, 11) is 0. The van der Waals surface area contributed by atoms with Gasteiger partial charge < -0.3 is 15.8 Å². The van der Waals surface area contributed by atoms with Gasteiger partial charge in [-0.25, -0.2) is 0 Å². The standard InChI is InChI=1S/C13H21N3O/c1-9(2)8-17-13-11(14)6-7-12(16-13)15-10-4-3-5-10/h6-7,9-10H,3-5,8,14H2,1-2H3,(H,15,16). The highest BCUT2D eigenvalue weighted by atomic mass is 16.5. The van der Waals surface area contributed by atoms with E-state index in [0.29, 0.717) is 30.1 Å². The number of aromatic nitrogens is 1.